The lowest BCUT2D eigenvalue weighted by atomic mass is 10.3. The Balaban J connectivity index is 3.39. The fourth-order valence-corrected chi connectivity index (χ4v) is 3.55. The zero-order valence-corrected chi connectivity index (χ0v) is 12.1. The maximum absolute atomic E-state index is 13.1. The summed E-state index contributed by atoms with van der Waals surface area (Å²) in [5.41, 5.74) is 5.19. The highest BCUT2D eigenvalue weighted by atomic mass is 79.9. The first-order valence-electron chi connectivity index (χ1n) is 4.90. The second-order valence-corrected chi connectivity index (χ2v) is 6.74. The van der Waals surface area contributed by atoms with E-state index in [1.807, 2.05) is 0 Å². The van der Waals surface area contributed by atoms with Crippen molar-refractivity contribution in [1.29, 1.82) is 0 Å². The first-order chi connectivity index (χ1) is 7.67. The van der Waals surface area contributed by atoms with Crippen molar-refractivity contribution < 1.29 is 12.8 Å². The molecule has 0 aliphatic rings. The lowest BCUT2D eigenvalue weighted by Crippen LogP contribution is -2.33. The first kappa shape index (κ1) is 14.4. The molecule has 96 valence electrons. The summed E-state index contributed by atoms with van der Waals surface area (Å²) in [6.07, 6.45) is 0. The Morgan fingerprint density at radius 3 is 2.41 bits per heavy atom. The normalized spacial score (nSPS) is 12.4. The van der Waals surface area contributed by atoms with Crippen molar-refractivity contribution in [1.82, 2.24) is 4.31 Å². The molecule has 0 saturated heterocycles. The van der Waals surface area contributed by atoms with Gasteiger partial charge in [0.1, 0.15) is 5.82 Å². The second kappa shape index (κ2) is 4.91. The molecule has 0 heterocycles. The minimum atomic E-state index is -3.67. The average Bonchev–Trinajstić information content (AvgIpc) is 2.21. The highest BCUT2D eigenvalue weighted by molar-refractivity contribution is 9.10. The number of halogens is 2. The highest BCUT2D eigenvalue weighted by Crippen LogP contribution is 2.29. The SMILES string of the molecule is CC(C)N(C)S(=O)(=O)c1cc(N)c(F)cc1Br. The lowest BCUT2D eigenvalue weighted by Gasteiger charge is -2.21. The van der Waals surface area contributed by atoms with Gasteiger partial charge in [0.2, 0.25) is 10.0 Å². The first-order valence-corrected chi connectivity index (χ1v) is 7.13. The number of nitrogens with two attached hydrogens (primary N) is 1. The molecule has 0 atom stereocenters. The van der Waals surface area contributed by atoms with Gasteiger partial charge >= 0.3 is 0 Å². The van der Waals surface area contributed by atoms with Gasteiger partial charge in [-0.2, -0.15) is 4.31 Å². The van der Waals surface area contributed by atoms with Gasteiger partial charge in [-0.25, -0.2) is 12.8 Å². The molecular weight excluding hydrogens is 311 g/mol. The predicted octanol–water partition coefficient (Wildman–Crippen LogP) is 2.20. The van der Waals surface area contributed by atoms with Crippen molar-refractivity contribution in [2.24, 2.45) is 0 Å². The topological polar surface area (TPSA) is 63.4 Å². The Morgan fingerprint density at radius 1 is 1.41 bits per heavy atom. The average molecular weight is 325 g/mol. The Bertz CT molecular complexity index is 531. The van der Waals surface area contributed by atoms with Crippen LogP contribution >= 0.6 is 15.9 Å². The number of sulfonamides is 1. The molecule has 0 aliphatic carbocycles. The quantitative estimate of drug-likeness (QED) is 0.867. The van der Waals surface area contributed by atoms with E-state index >= 15 is 0 Å². The Hall–Kier alpha value is -0.660. The molecule has 4 nitrogen and oxygen atoms in total. The van der Waals surface area contributed by atoms with Gasteiger partial charge in [-0.1, -0.05) is 0 Å². The molecule has 7 heteroatoms. The standard InChI is InChI=1S/C10H14BrFN2O2S/c1-6(2)14(3)17(15,16)10-5-9(13)8(12)4-7(10)11/h4-6H,13H2,1-3H3. The number of rotatable bonds is 3. The Labute approximate surface area is 109 Å². The number of hydrogen-bond acceptors (Lipinski definition) is 3. The van der Waals surface area contributed by atoms with Gasteiger partial charge in [0, 0.05) is 17.6 Å². The van der Waals surface area contributed by atoms with Crippen LogP contribution in [0.5, 0.6) is 0 Å². The van der Waals surface area contributed by atoms with E-state index in [0.29, 0.717) is 0 Å². The fourth-order valence-electron chi connectivity index (χ4n) is 1.18. The van der Waals surface area contributed by atoms with Crippen LogP contribution in [0.2, 0.25) is 0 Å². The van der Waals surface area contributed by atoms with E-state index in [2.05, 4.69) is 15.9 Å². The molecule has 0 bridgehead atoms. The van der Waals surface area contributed by atoms with Crippen molar-refractivity contribution in [3.05, 3.63) is 22.4 Å². The van der Waals surface area contributed by atoms with Crippen molar-refractivity contribution in [3.8, 4) is 0 Å². The van der Waals surface area contributed by atoms with Crippen molar-refractivity contribution >= 4 is 31.6 Å². The molecule has 0 radical (unpaired) electrons. The van der Waals surface area contributed by atoms with Gasteiger partial charge in [-0.3, -0.25) is 0 Å². The van der Waals surface area contributed by atoms with Crippen LogP contribution in [0, 0.1) is 5.82 Å². The second-order valence-electron chi connectivity index (χ2n) is 3.92. The van der Waals surface area contributed by atoms with Gasteiger partial charge < -0.3 is 5.73 Å². The number of hydrogen-bond donors (Lipinski definition) is 1. The monoisotopic (exact) mass is 324 g/mol. The van der Waals surface area contributed by atoms with E-state index in [9.17, 15) is 12.8 Å². The van der Waals surface area contributed by atoms with E-state index in [4.69, 9.17) is 5.73 Å². The molecule has 0 saturated carbocycles. The van der Waals surface area contributed by atoms with E-state index < -0.39 is 15.8 Å². The van der Waals surface area contributed by atoms with E-state index in [1.54, 1.807) is 13.8 Å². The van der Waals surface area contributed by atoms with Gasteiger partial charge in [-0.05, 0) is 41.9 Å². The smallest absolute Gasteiger partial charge is 0.244 e. The summed E-state index contributed by atoms with van der Waals surface area (Å²) < 4.78 is 38.9. The van der Waals surface area contributed by atoms with Gasteiger partial charge in [-0.15, -0.1) is 0 Å². The van der Waals surface area contributed by atoms with Crippen LogP contribution < -0.4 is 5.73 Å². The van der Waals surface area contributed by atoms with Crippen molar-refractivity contribution in [2.75, 3.05) is 12.8 Å². The molecule has 0 aromatic heterocycles. The molecule has 17 heavy (non-hydrogen) atoms. The largest absolute Gasteiger partial charge is 0.396 e. The van der Waals surface area contributed by atoms with E-state index in [-0.39, 0.29) is 21.1 Å². The highest BCUT2D eigenvalue weighted by Gasteiger charge is 2.26. The molecule has 1 aromatic carbocycles. The van der Waals surface area contributed by atoms with Crippen molar-refractivity contribution in [2.45, 2.75) is 24.8 Å². The summed E-state index contributed by atoms with van der Waals surface area (Å²) in [6, 6.07) is 1.97. The number of nitrogens with zero attached hydrogens (tertiary/aromatic N) is 1. The van der Waals surface area contributed by atoms with E-state index in [0.717, 1.165) is 12.1 Å². The summed E-state index contributed by atoms with van der Waals surface area (Å²) in [5.74, 6) is -0.650. The molecule has 1 rings (SSSR count). The summed E-state index contributed by atoms with van der Waals surface area (Å²) in [6.45, 7) is 3.50. The molecule has 0 unspecified atom stereocenters. The fraction of sp³-hybridized carbons (Fsp3) is 0.400. The number of nitrogen functional groups attached to an aromatic ring is 1. The molecule has 0 spiro atoms. The van der Waals surface area contributed by atoms with Crippen LogP contribution in [0.4, 0.5) is 10.1 Å². The molecule has 0 amide bonds. The van der Waals surface area contributed by atoms with Crippen LogP contribution in [0.3, 0.4) is 0 Å². The third-order valence-corrected chi connectivity index (χ3v) is 5.43. The third kappa shape index (κ3) is 2.78. The van der Waals surface area contributed by atoms with Gasteiger partial charge in [0.25, 0.3) is 0 Å². The summed E-state index contributed by atoms with van der Waals surface area (Å²) in [7, 11) is -2.20. The number of anilines is 1. The maximum Gasteiger partial charge on any atom is 0.244 e. The summed E-state index contributed by atoms with van der Waals surface area (Å²) in [4.78, 5) is -0.0346. The third-order valence-electron chi connectivity index (χ3n) is 2.44. The van der Waals surface area contributed by atoms with E-state index in [1.165, 1.54) is 11.4 Å². The zero-order valence-electron chi connectivity index (χ0n) is 9.74. The summed E-state index contributed by atoms with van der Waals surface area (Å²) in [5, 5.41) is 0. The minimum Gasteiger partial charge on any atom is -0.396 e. The minimum absolute atomic E-state index is 0.0346. The van der Waals surface area contributed by atoms with Crippen LogP contribution in [-0.4, -0.2) is 25.8 Å². The van der Waals surface area contributed by atoms with Crippen LogP contribution in [-0.2, 0) is 10.0 Å². The molecule has 2 N–H and O–H groups in total. The maximum atomic E-state index is 13.1. The van der Waals surface area contributed by atoms with Crippen LogP contribution in [0.1, 0.15) is 13.8 Å². The number of benzene rings is 1. The Kier molecular flexibility index (Phi) is 4.16. The molecule has 0 aliphatic heterocycles. The van der Waals surface area contributed by atoms with Crippen LogP contribution in [0.25, 0.3) is 0 Å². The predicted molar refractivity (Wildman–Crippen MR) is 68.6 cm³/mol. The van der Waals surface area contributed by atoms with Gasteiger partial charge in [0.05, 0.1) is 10.6 Å². The van der Waals surface area contributed by atoms with Crippen LogP contribution in [0.15, 0.2) is 21.5 Å². The lowest BCUT2D eigenvalue weighted by molar-refractivity contribution is 0.410. The Morgan fingerprint density at radius 2 is 1.94 bits per heavy atom. The molecular formula is C10H14BrFN2O2S. The van der Waals surface area contributed by atoms with Gasteiger partial charge in [0.15, 0.2) is 0 Å². The summed E-state index contributed by atoms with van der Waals surface area (Å²) >= 11 is 3.03. The zero-order chi connectivity index (χ0) is 13.4. The molecule has 0 fully saturated rings. The van der Waals surface area contributed by atoms with Crippen molar-refractivity contribution in [3.63, 3.8) is 0 Å². The molecule has 1 aromatic rings.